The normalized spacial score (nSPS) is 17.1. The average molecular weight is 343 g/mol. The molecular weight excluding hydrogens is 318 g/mol. The minimum Gasteiger partial charge on any atom is -0.493 e. The fraction of sp³-hybridized carbons (Fsp3) is 0.500. The molecule has 0 radical (unpaired) electrons. The second kappa shape index (κ2) is 7.65. The molecule has 1 aliphatic heterocycles. The molecule has 0 bridgehead atoms. The van der Waals surface area contributed by atoms with Crippen LogP contribution in [0.15, 0.2) is 18.2 Å². The predicted octanol–water partition coefficient (Wildman–Crippen LogP) is 2.13. The molecule has 7 heteroatoms. The van der Waals surface area contributed by atoms with E-state index in [2.05, 4.69) is 15.2 Å². The van der Waals surface area contributed by atoms with Crippen LogP contribution in [-0.4, -0.2) is 45.7 Å². The number of H-pyrrole nitrogens is 1. The molecule has 2 aromatic rings. The number of aromatic amines is 1. The number of carbonyl (C=O) groups excluding carboxylic acids is 1. The van der Waals surface area contributed by atoms with Gasteiger partial charge in [-0.1, -0.05) is 6.07 Å². The summed E-state index contributed by atoms with van der Waals surface area (Å²) in [5, 5.41) is 7.10. The molecule has 0 saturated carbocycles. The van der Waals surface area contributed by atoms with Crippen molar-refractivity contribution in [3.05, 3.63) is 41.0 Å². The molecule has 1 fully saturated rings. The van der Waals surface area contributed by atoms with Gasteiger partial charge in [-0.05, 0) is 57.4 Å². The molecule has 1 aromatic heterocycles. The molecule has 0 aliphatic carbocycles. The van der Waals surface area contributed by atoms with Crippen molar-refractivity contribution < 1.29 is 9.53 Å². The first-order chi connectivity index (χ1) is 12.1. The molecule has 2 heterocycles. The van der Waals surface area contributed by atoms with Gasteiger partial charge in [0, 0.05) is 12.1 Å². The summed E-state index contributed by atoms with van der Waals surface area (Å²) in [5.74, 6) is 2.19. The van der Waals surface area contributed by atoms with Gasteiger partial charge in [0.25, 0.3) is 5.91 Å². The molecule has 0 unspecified atom stereocenters. The smallest absolute Gasteiger partial charge is 0.254 e. The van der Waals surface area contributed by atoms with Crippen LogP contribution in [0, 0.1) is 13.8 Å². The molecule has 7 nitrogen and oxygen atoms in total. The average Bonchev–Trinajstić information content (AvgIpc) is 3.24. The van der Waals surface area contributed by atoms with Gasteiger partial charge in [0.05, 0.1) is 12.6 Å². The summed E-state index contributed by atoms with van der Waals surface area (Å²) in [4.78, 5) is 19.3. The van der Waals surface area contributed by atoms with Gasteiger partial charge < -0.3 is 15.4 Å². The lowest BCUT2D eigenvalue weighted by molar-refractivity contribution is 0.0729. The topological polar surface area (TPSA) is 97.1 Å². The van der Waals surface area contributed by atoms with E-state index in [9.17, 15) is 4.79 Å². The number of nitrogens with two attached hydrogens (primary N) is 1. The zero-order chi connectivity index (χ0) is 17.8. The number of carbonyl (C=O) groups is 1. The van der Waals surface area contributed by atoms with E-state index in [0.717, 1.165) is 36.4 Å². The van der Waals surface area contributed by atoms with E-state index in [-0.39, 0.29) is 11.9 Å². The number of hydrogen-bond donors (Lipinski definition) is 2. The van der Waals surface area contributed by atoms with E-state index in [0.29, 0.717) is 31.1 Å². The summed E-state index contributed by atoms with van der Waals surface area (Å²) in [6.45, 7) is 5.69. The maximum Gasteiger partial charge on any atom is 0.254 e. The van der Waals surface area contributed by atoms with Crippen LogP contribution in [-0.2, 0) is 0 Å². The highest BCUT2D eigenvalue weighted by Crippen LogP contribution is 2.32. The summed E-state index contributed by atoms with van der Waals surface area (Å²) >= 11 is 0. The fourth-order valence-corrected chi connectivity index (χ4v) is 3.11. The number of aryl methyl sites for hydroxylation is 2. The highest BCUT2D eigenvalue weighted by Gasteiger charge is 2.33. The minimum absolute atomic E-state index is 0.00590. The van der Waals surface area contributed by atoms with Gasteiger partial charge in [0.1, 0.15) is 11.6 Å². The summed E-state index contributed by atoms with van der Waals surface area (Å²) in [6, 6.07) is 5.53. The summed E-state index contributed by atoms with van der Waals surface area (Å²) in [6.07, 6.45) is 2.63. The first-order valence-corrected chi connectivity index (χ1v) is 8.73. The van der Waals surface area contributed by atoms with Crippen LogP contribution in [0.4, 0.5) is 0 Å². The molecule has 1 amide bonds. The lowest BCUT2D eigenvalue weighted by atomic mass is 10.1. The predicted molar refractivity (Wildman–Crippen MR) is 94.5 cm³/mol. The van der Waals surface area contributed by atoms with E-state index in [1.165, 1.54) is 0 Å². The molecule has 0 spiro atoms. The second-order valence-corrected chi connectivity index (χ2v) is 6.41. The Kier molecular flexibility index (Phi) is 5.33. The van der Waals surface area contributed by atoms with Crippen molar-refractivity contribution in [2.75, 3.05) is 19.7 Å². The fourth-order valence-electron chi connectivity index (χ4n) is 3.11. The molecule has 1 saturated heterocycles. The van der Waals surface area contributed by atoms with Crippen LogP contribution in [0.1, 0.15) is 52.9 Å². The van der Waals surface area contributed by atoms with Gasteiger partial charge in [-0.25, -0.2) is 4.98 Å². The van der Waals surface area contributed by atoms with E-state index < -0.39 is 0 Å². The maximum absolute atomic E-state index is 13.0. The Morgan fingerprint density at radius 3 is 3.00 bits per heavy atom. The SMILES string of the molecule is Cc1nc([C@H]2CCCN2C(=O)c2ccc(C)c(OCCCN)c2)n[nH]1. The quantitative estimate of drug-likeness (QED) is 0.783. The zero-order valence-electron chi connectivity index (χ0n) is 14.8. The highest BCUT2D eigenvalue weighted by molar-refractivity contribution is 5.95. The van der Waals surface area contributed by atoms with Crippen molar-refractivity contribution in [3.63, 3.8) is 0 Å². The number of aromatic nitrogens is 3. The van der Waals surface area contributed by atoms with E-state index >= 15 is 0 Å². The molecule has 3 N–H and O–H groups in total. The minimum atomic E-state index is -0.0691. The van der Waals surface area contributed by atoms with Crippen molar-refractivity contribution in [1.82, 2.24) is 20.1 Å². The van der Waals surface area contributed by atoms with Crippen molar-refractivity contribution in [3.8, 4) is 5.75 Å². The van der Waals surface area contributed by atoms with E-state index in [4.69, 9.17) is 10.5 Å². The lowest BCUT2D eigenvalue weighted by Crippen LogP contribution is -2.31. The van der Waals surface area contributed by atoms with E-state index in [1.807, 2.05) is 36.9 Å². The third-order valence-corrected chi connectivity index (χ3v) is 4.47. The van der Waals surface area contributed by atoms with Crippen LogP contribution < -0.4 is 10.5 Å². The summed E-state index contributed by atoms with van der Waals surface area (Å²) in [5.41, 5.74) is 7.15. The molecule has 1 aliphatic rings. The van der Waals surface area contributed by atoms with Gasteiger partial charge in [-0.3, -0.25) is 9.89 Å². The lowest BCUT2D eigenvalue weighted by Gasteiger charge is -2.23. The Hall–Kier alpha value is -2.41. The first kappa shape index (κ1) is 17.4. The summed E-state index contributed by atoms with van der Waals surface area (Å²) < 4.78 is 5.77. The number of amides is 1. The van der Waals surface area contributed by atoms with Gasteiger partial charge in [0.2, 0.25) is 0 Å². The van der Waals surface area contributed by atoms with Gasteiger partial charge >= 0.3 is 0 Å². The van der Waals surface area contributed by atoms with Gasteiger partial charge in [-0.2, -0.15) is 5.10 Å². The maximum atomic E-state index is 13.0. The Morgan fingerprint density at radius 2 is 2.28 bits per heavy atom. The van der Waals surface area contributed by atoms with Crippen molar-refractivity contribution >= 4 is 5.91 Å². The third-order valence-electron chi connectivity index (χ3n) is 4.47. The number of benzene rings is 1. The summed E-state index contributed by atoms with van der Waals surface area (Å²) in [7, 11) is 0. The molecule has 1 aromatic carbocycles. The van der Waals surface area contributed by atoms with Crippen LogP contribution in [0.2, 0.25) is 0 Å². The molecule has 134 valence electrons. The highest BCUT2D eigenvalue weighted by atomic mass is 16.5. The number of ether oxygens (including phenoxy) is 1. The van der Waals surface area contributed by atoms with Crippen LogP contribution in [0.25, 0.3) is 0 Å². The second-order valence-electron chi connectivity index (χ2n) is 6.41. The standard InChI is InChI=1S/C18H25N5O2/c1-12-6-7-14(11-16(12)25-10-4-8-19)18(24)23-9-3-5-15(23)17-20-13(2)21-22-17/h6-7,11,15H,3-5,8-10,19H2,1-2H3,(H,20,21,22)/t15-/m1/s1. The van der Waals surface area contributed by atoms with Crippen LogP contribution in [0.3, 0.4) is 0 Å². The van der Waals surface area contributed by atoms with Crippen LogP contribution >= 0.6 is 0 Å². The first-order valence-electron chi connectivity index (χ1n) is 8.73. The Labute approximate surface area is 147 Å². The molecular formula is C18H25N5O2. The molecule has 25 heavy (non-hydrogen) atoms. The number of hydrogen-bond acceptors (Lipinski definition) is 5. The zero-order valence-corrected chi connectivity index (χ0v) is 14.8. The van der Waals surface area contributed by atoms with Gasteiger partial charge in [-0.15, -0.1) is 0 Å². The van der Waals surface area contributed by atoms with Crippen molar-refractivity contribution in [1.29, 1.82) is 0 Å². The van der Waals surface area contributed by atoms with Crippen molar-refractivity contribution in [2.24, 2.45) is 5.73 Å². The monoisotopic (exact) mass is 343 g/mol. The van der Waals surface area contributed by atoms with Crippen LogP contribution in [0.5, 0.6) is 5.75 Å². The Balaban J connectivity index is 1.78. The Morgan fingerprint density at radius 1 is 1.44 bits per heavy atom. The van der Waals surface area contributed by atoms with Gasteiger partial charge in [0.15, 0.2) is 5.82 Å². The largest absolute Gasteiger partial charge is 0.493 e. The molecule has 3 rings (SSSR count). The van der Waals surface area contributed by atoms with Crippen molar-refractivity contribution in [2.45, 2.75) is 39.2 Å². The number of rotatable bonds is 6. The molecule has 1 atom stereocenters. The third kappa shape index (κ3) is 3.82. The number of nitrogens with zero attached hydrogens (tertiary/aromatic N) is 3. The number of nitrogens with one attached hydrogen (secondary N) is 1. The number of likely N-dealkylation sites (tertiary alicyclic amines) is 1. The van der Waals surface area contributed by atoms with E-state index in [1.54, 1.807) is 0 Å². The Bertz CT molecular complexity index is 743.